The standard InChI is InChI=1S/C21H40N6O/c1-7-18(8-2)20(27-10-12-28-13-11-27)15-24-21(22-9-3)23-14-19-16(4)25-26(6)17(19)5/h18,20H,7-15H2,1-6H3,(H2,22,23,24). The molecule has 1 aliphatic heterocycles. The van der Waals surface area contributed by atoms with Gasteiger partial charge in [0.05, 0.1) is 25.5 Å². The molecule has 1 saturated heterocycles. The van der Waals surface area contributed by atoms with Gasteiger partial charge in [-0.1, -0.05) is 26.7 Å². The Morgan fingerprint density at radius 3 is 2.36 bits per heavy atom. The van der Waals surface area contributed by atoms with Crippen molar-refractivity contribution in [1.82, 2.24) is 25.3 Å². The summed E-state index contributed by atoms with van der Waals surface area (Å²) >= 11 is 0. The van der Waals surface area contributed by atoms with Crippen LogP contribution in [0.3, 0.4) is 0 Å². The SMILES string of the molecule is CCNC(=NCc1c(C)nn(C)c1C)NCC(C(CC)CC)N1CCOCC1. The minimum absolute atomic E-state index is 0.504. The molecule has 28 heavy (non-hydrogen) atoms. The highest BCUT2D eigenvalue weighted by Gasteiger charge is 2.27. The third kappa shape index (κ3) is 5.95. The number of ether oxygens (including phenoxy) is 1. The van der Waals surface area contributed by atoms with Crippen molar-refractivity contribution in [3.63, 3.8) is 0 Å². The van der Waals surface area contributed by atoms with Crippen LogP contribution in [-0.2, 0) is 18.3 Å². The van der Waals surface area contributed by atoms with Crippen LogP contribution in [0.4, 0.5) is 0 Å². The van der Waals surface area contributed by atoms with Crippen LogP contribution in [-0.4, -0.2) is 66.1 Å². The Bertz CT molecular complexity index is 617. The first-order chi connectivity index (χ1) is 13.5. The van der Waals surface area contributed by atoms with Crippen molar-refractivity contribution in [2.45, 2.75) is 60.0 Å². The molecule has 0 aliphatic carbocycles. The number of aromatic nitrogens is 2. The number of nitrogens with zero attached hydrogens (tertiary/aromatic N) is 4. The van der Waals surface area contributed by atoms with Gasteiger partial charge in [0.25, 0.3) is 0 Å². The van der Waals surface area contributed by atoms with E-state index in [-0.39, 0.29) is 0 Å². The van der Waals surface area contributed by atoms with E-state index in [1.807, 2.05) is 11.7 Å². The van der Waals surface area contributed by atoms with Crippen LogP contribution < -0.4 is 10.6 Å². The Morgan fingerprint density at radius 1 is 1.14 bits per heavy atom. The van der Waals surface area contributed by atoms with Crippen molar-refractivity contribution in [3.05, 3.63) is 17.0 Å². The Kier molecular flexibility index (Phi) is 9.25. The van der Waals surface area contributed by atoms with Crippen LogP contribution in [0.1, 0.15) is 50.6 Å². The number of hydrogen-bond donors (Lipinski definition) is 2. The molecule has 2 rings (SSSR count). The molecule has 1 aromatic rings. The Hall–Kier alpha value is -1.60. The van der Waals surface area contributed by atoms with Crippen molar-refractivity contribution in [1.29, 1.82) is 0 Å². The number of morpholine rings is 1. The molecule has 7 heteroatoms. The smallest absolute Gasteiger partial charge is 0.191 e. The number of guanidine groups is 1. The summed E-state index contributed by atoms with van der Waals surface area (Å²) in [6.07, 6.45) is 2.39. The predicted octanol–water partition coefficient (Wildman–Crippen LogP) is 2.23. The maximum atomic E-state index is 5.57. The zero-order valence-electron chi connectivity index (χ0n) is 18.7. The van der Waals surface area contributed by atoms with Crippen molar-refractivity contribution in [2.75, 3.05) is 39.4 Å². The van der Waals surface area contributed by atoms with Gasteiger partial charge in [0.2, 0.25) is 0 Å². The molecular weight excluding hydrogens is 352 g/mol. The van der Waals surface area contributed by atoms with Crippen LogP contribution in [0.25, 0.3) is 0 Å². The van der Waals surface area contributed by atoms with Gasteiger partial charge in [-0.05, 0) is 26.7 Å². The Labute approximate surface area is 170 Å². The number of nitrogens with one attached hydrogen (secondary N) is 2. The summed E-state index contributed by atoms with van der Waals surface area (Å²) < 4.78 is 7.50. The van der Waals surface area contributed by atoms with E-state index in [1.165, 1.54) is 24.1 Å². The molecule has 0 radical (unpaired) electrons. The minimum Gasteiger partial charge on any atom is -0.379 e. The summed E-state index contributed by atoms with van der Waals surface area (Å²) in [6, 6.07) is 0.504. The van der Waals surface area contributed by atoms with Crippen LogP contribution in [0.15, 0.2) is 4.99 Å². The normalized spacial score (nSPS) is 17.2. The summed E-state index contributed by atoms with van der Waals surface area (Å²) in [5.74, 6) is 1.56. The van der Waals surface area contributed by atoms with E-state index in [2.05, 4.69) is 55.3 Å². The average Bonchev–Trinajstić information content (AvgIpc) is 2.95. The fourth-order valence-electron chi connectivity index (χ4n) is 4.08. The summed E-state index contributed by atoms with van der Waals surface area (Å²) in [5, 5.41) is 11.5. The third-order valence-corrected chi connectivity index (χ3v) is 5.98. The molecule has 1 fully saturated rings. The molecule has 1 atom stereocenters. The van der Waals surface area contributed by atoms with Gasteiger partial charge in [-0.25, -0.2) is 4.99 Å². The third-order valence-electron chi connectivity index (χ3n) is 5.98. The molecule has 1 aliphatic rings. The van der Waals surface area contributed by atoms with Gasteiger partial charge in [0.15, 0.2) is 5.96 Å². The zero-order chi connectivity index (χ0) is 20.5. The first-order valence-corrected chi connectivity index (χ1v) is 10.8. The van der Waals surface area contributed by atoms with E-state index in [9.17, 15) is 0 Å². The van der Waals surface area contributed by atoms with E-state index in [4.69, 9.17) is 9.73 Å². The van der Waals surface area contributed by atoms with Crippen LogP contribution in [0.5, 0.6) is 0 Å². The lowest BCUT2D eigenvalue weighted by molar-refractivity contribution is 0.00272. The Morgan fingerprint density at radius 2 is 1.82 bits per heavy atom. The van der Waals surface area contributed by atoms with E-state index >= 15 is 0 Å². The van der Waals surface area contributed by atoms with Crippen LogP contribution in [0, 0.1) is 19.8 Å². The molecule has 0 spiro atoms. The van der Waals surface area contributed by atoms with Crippen LogP contribution in [0.2, 0.25) is 0 Å². The summed E-state index contributed by atoms with van der Waals surface area (Å²) in [5.41, 5.74) is 3.45. The Balaban J connectivity index is 2.07. The second kappa shape index (κ2) is 11.4. The van der Waals surface area contributed by atoms with Gasteiger partial charge in [0.1, 0.15) is 0 Å². The van der Waals surface area contributed by atoms with Crippen molar-refractivity contribution >= 4 is 5.96 Å². The first-order valence-electron chi connectivity index (χ1n) is 10.8. The van der Waals surface area contributed by atoms with E-state index in [0.29, 0.717) is 18.5 Å². The molecule has 1 aromatic heterocycles. The second-order valence-corrected chi connectivity index (χ2v) is 7.64. The maximum Gasteiger partial charge on any atom is 0.191 e. The zero-order valence-corrected chi connectivity index (χ0v) is 18.7. The summed E-state index contributed by atoms with van der Waals surface area (Å²) in [6.45, 7) is 17.0. The van der Waals surface area contributed by atoms with Crippen molar-refractivity contribution in [2.24, 2.45) is 18.0 Å². The van der Waals surface area contributed by atoms with Crippen LogP contribution >= 0.6 is 0 Å². The van der Waals surface area contributed by atoms with Gasteiger partial charge < -0.3 is 15.4 Å². The molecule has 0 aromatic carbocycles. The molecule has 0 bridgehead atoms. The van der Waals surface area contributed by atoms with Gasteiger partial charge in [-0.2, -0.15) is 5.10 Å². The quantitative estimate of drug-likeness (QED) is 0.498. The molecule has 1 unspecified atom stereocenters. The predicted molar refractivity (Wildman–Crippen MR) is 116 cm³/mol. The first kappa shape index (κ1) is 22.7. The highest BCUT2D eigenvalue weighted by Crippen LogP contribution is 2.19. The fraction of sp³-hybridized carbons (Fsp3) is 0.810. The largest absolute Gasteiger partial charge is 0.379 e. The van der Waals surface area contributed by atoms with Gasteiger partial charge in [-0.3, -0.25) is 9.58 Å². The second-order valence-electron chi connectivity index (χ2n) is 7.64. The van der Waals surface area contributed by atoms with E-state index in [1.54, 1.807) is 0 Å². The number of rotatable bonds is 9. The number of aryl methyl sites for hydroxylation is 2. The number of hydrogen-bond acceptors (Lipinski definition) is 4. The molecular formula is C21H40N6O. The van der Waals surface area contributed by atoms with Crippen molar-refractivity contribution < 1.29 is 4.74 Å². The summed E-state index contributed by atoms with van der Waals surface area (Å²) in [4.78, 5) is 7.44. The minimum atomic E-state index is 0.504. The molecule has 0 saturated carbocycles. The van der Waals surface area contributed by atoms with E-state index in [0.717, 1.165) is 51.0 Å². The monoisotopic (exact) mass is 392 g/mol. The average molecular weight is 393 g/mol. The molecule has 2 heterocycles. The lowest BCUT2D eigenvalue weighted by atomic mass is 9.92. The molecule has 0 amide bonds. The topological polar surface area (TPSA) is 66.7 Å². The maximum absolute atomic E-state index is 5.57. The lowest BCUT2D eigenvalue weighted by Crippen LogP contribution is -2.53. The number of aliphatic imine (C=N–C) groups is 1. The highest BCUT2D eigenvalue weighted by atomic mass is 16.5. The van der Waals surface area contributed by atoms with Crippen molar-refractivity contribution in [3.8, 4) is 0 Å². The van der Waals surface area contributed by atoms with E-state index < -0.39 is 0 Å². The van der Waals surface area contributed by atoms with Gasteiger partial charge in [-0.15, -0.1) is 0 Å². The highest BCUT2D eigenvalue weighted by molar-refractivity contribution is 5.79. The molecule has 7 nitrogen and oxygen atoms in total. The molecule has 160 valence electrons. The lowest BCUT2D eigenvalue weighted by Gasteiger charge is -2.39. The fourth-order valence-corrected chi connectivity index (χ4v) is 4.08. The summed E-state index contributed by atoms with van der Waals surface area (Å²) in [7, 11) is 1.99. The van der Waals surface area contributed by atoms with Gasteiger partial charge in [0, 0.05) is 50.5 Å². The molecule has 2 N–H and O–H groups in total. The van der Waals surface area contributed by atoms with Gasteiger partial charge >= 0.3 is 0 Å².